The van der Waals surface area contributed by atoms with Gasteiger partial charge in [0.15, 0.2) is 0 Å². The van der Waals surface area contributed by atoms with Crippen LogP contribution in [0, 0.1) is 6.92 Å². The predicted molar refractivity (Wildman–Crippen MR) is 100 cm³/mol. The topological polar surface area (TPSA) is 68.2 Å². The largest absolute Gasteiger partial charge is 0.496 e. The van der Waals surface area contributed by atoms with Crippen molar-refractivity contribution >= 4 is 6.03 Å². The Morgan fingerprint density at radius 3 is 2.38 bits per heavy atom. The number of aromatic nitrogens is 2. The van der Waals surface area contributed by atoms with Crippen LogP contribution in [-0.2, 0) is 13.1 Å². The van der Waals surface area contributed by atoms with Gasteiger partial charge in [0.05, 0.1) is 12.8 Å². The molecular formula is C20H22N4O2. The summed E-state index contributed by atoms with van der Waals surface area (Å²) in [5.74, 6) is 1.66. The molecule has 1 aromatic heterocycles. The molecule has 0 aliphatic heterocycles. The van der Waals surface area contributed by atoms with Crippen LogP contribution in [0.2, 0.25) is 0 Å². The summed E-state index contributed by atoms with van der Waals surface area (Å²) >= 11 is 0. The summed E-state index contributed by atoms with van der Waals surface area (Å²) in [5, 5.41) is 5.76. The molecule has 0 atom stereocenters. The molecule has 3 aromatic rings. The van der Waals surface area contributed by atoms with Crippen LogP contribution in [0.3, 0.4) is 0 Å². The molecule has 6 nitrogen and oxygen atoms in total. The van der Waals surface area contributed by atoms with Crippen molar-refractivity contribution in [3.8, 4) is 11.4 Å². The lowest BCUT2D eigenvalue weighted by atomic mass is 10.1. The van der Waals surface area contributed by atoms with Gasteiger partial charge in [-0.25, -0.2) is 9.78 Å². The van der Waals surface area contributed by atoms with Crippen LogP contribution < -0.4 is 15.4 Å². The van der Waals surface area contributed by atoms with E-state index < -0.39 is 0 Å². The Morgan fingerprint density at radius 2 is 1.69 bits per heavy atom. The fourth-order valence-corrected chi connectivity index (χ4v) is 2.79. The van der Waals surface area contributed by atoms with E-state index in [1.807, 2.05) is 66.2 Å². The van der Waals surface area contributed by atoms with Crippen LogP contribution in [0.1, 0.15) is 17.0 Å². The average Bonchev–Trinajstić information content (AvgIpc) is 3.11. The van der Waals surface area contributed by atoms with Gasteiger partial charge < -0.3 is 19.9 Å². The van der Waals surface area contributed by atoms with E-state index in [4.69, 9.17) is 4.74 Å². The van der Waals surface area contributed by atoms with Crippen molar-refractivity contribution < 1.29 is 9.53 Å². The Balaban J connectivity index is 1.61. The zero-order chi connectivity index (χ0) is 18.4. The van der Waals surface area contributed by atoms with Gasteiger partial charge in [-0.3, -0.25) is 0 Å². The normalized spacial score (nSPS) is 10.4. The molecule has 0 fully saturated rings. The molecule has 3 rings (SSSR count). The third kappa shape index (κ3) is 4.03. The number of nitrogens with zero attached hydrogens (tertiary/aromatic N) is 2. The van der Waals surface area contributed by atoms with Gasteiger partial charge in [0.2, 0.25) is 0 Å². The highest BCUT2D eigenvalue weighted by Gasteiger charge is 2.08. The van der Waals surface area contributed by atoms with Gasteiger partial charge >= 0.3 is 6.03 Å². The van der Waals surface area contributed by atoms with Crippen molar-refractivity contribution in [3.05, 3.63) is 77.9 Å². The number of methoxy groups -OCH3 is 1. The number of imidazole rings is 1. The summed E-state index contributed by atoms with van der Waals surface area (Å²) in [4.78, 5) is 16.4. The zero-order valence-electron chi connectivity index (χ0n) is 14.9. The molecule has 26 heavy (non-hydrogen) atoms. The fourth-order valence-electron chi connectivity index (χ4n) is 2.79. The van der Waals surface area contributed by atoms with Crippen molar-refractivity contribution in [1.29, 1.82) is 0 Å². The quantitative estimate of drug-likeness (QED) is 0.717. The lowest BCUT2D eigenvalue weighted by Crippen LogP contribution is -2.34. The second kappa shape index (κ2) is 8.20. The molecule has 0 saturated carbocycles. The molecule has 0 saturated heterocycles. The Bertz CT molecular complexity index is 889. The summed E-state index contributed by atoms with van der Waals surface area (Å²) in [5.41, 5.74) is 2.95. The third-order valence-electron chi connectivity index (χ3n) is 4.15. The molecule has 134 valence electrons. The molecule has 0 spiro atoms. The number of urea groups is 1. The van der Waals surface area contributed by atoms with Crippen molar-refractivity contribution in [2.24, 2.45) is 0 Å². The number of benzene rings is 2. The number of nitrogens with one attached hydrogen (secondary N) is 2. The summed E-state index contributed by atoms with van der Waals surface area (Å²) in [6, 6.07) is 15.3. The number of carbonyl (C=O) groups excluding carboxylic acids is 1. The highest BCUT2D eigenvalue weighted by molar-refractivity contribution is 5.74. The molecule has 2 amide bonds. The molecular weight excluding hydrogens is 328 g/mol. The summed E-state index contributed by atoms with van der Waals surface area (Å²) in [7, 11) is 1.62. The van der Waals surface area contributed by atoms with Gasteiger partial charge in [-0.05, 0) is 24.6 Å². The van der Waals surface area contributed by atoms with Crippen LogP contribution in [0.25, 0.3) is 5.69 Å². The maximum absolute atomic E-state index is 12.2. The number of hydrogen-bond donors (Lipinski definition) is 2. The van der Waals surface area contributed by atoms with Crippen LogP contribution in [0.4, 0.5) is 4.79 Å². The van der Waals surface area contributed by atoms with Gasteiger partial charge in [-0.1, -0.05) is 36.4 Å². The van der Waals surface area contributed by atoms with Crippen molar-refractivity contribution in [2.75, 3.05) is 7.11 Å². The standard InChI is InChI=1S/C20H22N4O2/c1-15-21-11-12-24(15)18-9-5-3-7-16(18)13-22-20(25)23-14-17-8-4-6-10-19(17)26-2/h3-12H,13-14H2,1-2H3,(H2,22,23,25). The zero-order valence-corrected chi connectivity index (χ0v) is 14.9. The minimum Gasteiger partial charge on any atom is -0.496 e. The molecule has 0 aliphatic carbocycles. The van der Waals surface area contributed by atoms with Crippen LogP contribution in [0.15, 0.2) is 60.9 Å². The SMILES string of the molecule is COc1ccccc1CNC(=O)NCc1ccccc1-n1ccnc1C. The fraction of sp³-hybridized carbons (Fsp3) is 0.200. The highest BCUT2D eigenvalue weighted by atomic mass is 16.5. The highest BCUT2D eigenvalue weighted by Crippen LogP contribution is 2.17. The molecule has 2 aromatic carbocycles. The first-order chi connectivity index (χ1) is 12.7. The number of rotatable bonds is 6. The Morgan fingerprint density at radius 1 is 1.04 bits per heavy atom. The molecule has 0 bridgehead atoms. The first kappa shape index (κ1) is 17.5. The number of amides is 2. The predicted octanol–water partition coefficient (Wildman–Crippen LogP) is 3.19. The van der Waals surface area contributed by atoms with Crippen LogP contribution in [-0.4, -0.2) is 22.7 Å². The van der Waals surface area contributed by atoms with E-state index in [0.717, 1.165) is 28.4 Å². The van der Waals surface area contributed by atoms with Crippen molar-refractivity contribution in [2.45, 2.75) is 20.0 Å². The van der Waals surface area contributed by atoms with E-state index in [9.17, 15) is 4.79 Å². The lowest BCUT2D eigenvalue weighted by molar-refractivity contribution is 0.240. The Hall–Kier alpha value is -3.28. The second-order valence-corrected chi connectivity index (χ2v) is 5.82. The molecule has 0 radical (unpaired) electrons. The molecule has 6 heteroatoms. The van der Waals surface area contributed by atoms with Gasteiger partial charge in [0.1, 0.15) is 11.6 Å². The number of para-hydroxylation sites is 2. The van der Waals surface area contributed by atoms with Crippen molar-refractivity contribution in [1.82, 2.24) is 20.2 Å². The summed E-state index contributed by atoms with van der Waals surface area (Å²) < 4.78 is 7.30. The monoisotopic (exact) mass is 350 g/mol. The van der Waals surface area contributed by atoms with E-state index in [0.29, 0.717) is 13.1 Å². The molecule has 0 aliphatic rings. The number of aryl methyl sites for hydroxylation is 1. The van der Waals surface area contributed by atoms with Crippen LogP contribution >= 0.6 is 0 Å². The first-order valence-corrected chi connectivity index (χ1v) is 8.41. The molecule has 1 heterocycles. The van der Waals surface area contributed by atoms with Gasteiger partial charge in [-0.15, -0.1) is 0 Å². The maximum atomic E-state index is 12.2. The maximum Gasteiger partial charge on any atom is 0.315 e. The van der Waals surface area contributed by atoms with E-state index in [-0.39, 0.29) is 6.03 Å². The number of ether oxygens (including phenoxy) is 1. The lowest BCUT2D eigenvalue weighted by Gasteiger charge is -2.14. The second-order valence-electron chi connectivity index (χ2n) is 5.82. The van der Waals surface area contributed by atoms with E-state index in [2.05, 4.69) is 15.6 Å². The van der Waals surface area contributed by atoms with E-state index in [1.165, 1.54) is 0 Å². The van der Waals surface area contributed by atoms with Crippen molar-refractivity contribution in [3.63, 3.8) is 0 Å². The van der Waals surface area contributed by atoms with Gasteiger partial charge in [0, 0.05) is 31.0 Å². The van der Waals surface area contributed by atoms with E-state index >= 15 is 0 Å². The van der Waals surface area contributed by atoms with Gasteiger partial charge in [0.25, 0.3) is 0 Å². The van der Waals surface area contributed by atoms with Gasteiger partial charge in [-0.2, -0.15) is 0 Å². The molecule has 2 N–H and O–H groups in total. The number of hydrogen-bond acceptors (Lipinski definition) is 3. The molecule has 0 unspecified atom stereocenters. The Kier molecular flexibility index (Phi) is 5.53. The number of carbonyl (C=O) groups is 1. The first-order valence-electron chi connectivity index (χ1n) is 8.41. The van der Waals surface area contributed by atoms with E-state index in [1.54, 1.807) is 13.3 Å². The third-order valence-corrected chi connectivity index (χ3v) is 4.15. The Labute approximate surface area is 152 Å². The summed E-state index contributed by atoms with van der Waals surface area (Å²) in [6.45, 7) is 2.77. The minimum absolute atomic E-state index is 0.229. The minimum atomic E-state index is -0.229. The smallest absolute Gasteiger partial charge is 0.315 e. The van der Waals surface area contributed by atoms with Crippen LogP contribution in [0.5, 0.6) is 5.75 Å². The summed E-state index contributed by atoms with van der Waals surface area (Å²) in [6.07, 6.45) is 3.68. The average molecular weight is 350 g/mol.